The van der Waals surface area contributed by atoms with Crippen LogP contribution in [0.15, 0.2) is 30.5 Å². The van der Waals surface area contributed by atoms with Crippen LogP contribution in [0.2, 0.25) is 0 Å². The summed E-state index contributed by atoms with van der Waals surface area (Å²) in [4.78, 5) is 40.1. The molecule has 2 aliphatic heterocycles. The summed E-state index contributed by atoms with van der Waals surface area (Å²) in [7, 11) is 0. The van der Waals surface area contributed by atoms with Crippen LogP contribution in [0.1, 0.15) is 36.2 Å². The van der Waals surface area contributed by atoms with Crippen LogP contribution in [0.5, 0.6) is 0 Å². The molecular formula is C21H27N5O2. The molecule has 0 atom stereocenters. The van der Waals surface area contributed by atoms with Gasteiger partial charge in [0.2, 0.25) is 5.91 Å². The Balaban J connectivity index is 1.31. The number of carbonyl (C=O) groups is 2. The molecule has 1 aromatic carbocycles. The molecule has 2 amide bonds. The number of piperazine rings is 1. The standard InChI is InChI=1S/C21H27N5O2/c27-20(25-9-5-1-2-6-10-25)16-24-11-13-26(14-12-24)21(28)19-15-22-17-7-3-4-8-18(17)23-19/h3-4,7-8,15H,1-2,5-6,9-14,16H2. The number of aromatic nitrogens is 2. The molecule has 7 heteroatoms. The highest BCUT2D eigenvalue weighted by molar-refractivity contribution is 5.93. The largest absolute Gasteiger partial charge is 0.342 e. The lowest BCUT2D eigenvalue weighted by Gasteiger charge is -2.35. The lowest BCUT2D eigenvalue weighted by atomic mass is 10.2. The Labute approximate surface area is 165 Å². The number of likely N-dealkylation sites (tertiary alicyclic amines) is 1. The summed E-state index contributed by atoms with van der Waals surface area (Å²) in [5.74, 6) is 0.138. The van der Waals surface area contributed by atoms with Gasteiger partial charge in [-0.25, -0.2) is 4.98 Å². The van der Waals surface area contributed by atoms with Gasteiger partial charge in [0.1, 0.15) is 5.69 Å². The van der Waals surface area contributed by atoms with E-state index in [1.54, 1.807) is 6.20 Å². The molecule has 2 aliphatic rings. The van der Waals surface area contributed by atoms with E-state index in [0.29, 0.717) is 38.4 Å². The Bertz CT molecular complexity index is 840. The quantitative estimate of drug-likeness (QED) is 0.811. The summed E-state index contributed by atoms with van der Waals surface area (Å²) >= 11 is 0. The van der Waals surface area contributed by atoms with Crippen molar-refractivity contribution < 1.29 is 9.59 Å². The van der Waals surface area contributed by atoms with Crippen molar-refractivity contribution in [3.63, 3.8) is 0 Å². The zero-order valence-corrected chi connectivity index (χ0v) is 16.2. The van der Waals surface area contributed by atoms with Crippen LogP contribution in [0.4, 0.5) is 0 Å². The first-order valence-electron chi connectivity index (χ1n) is 10.2. The van der Waals surface area contributed by atoms with Crippen LogP contribution in [0.25, 0.3) is 11.0 Å². The molecule has 3 heterocycles. The molecule has 0 bridgehead atoms. The summed E-state index contributed by atoms with van der Waals surface area (Å²) in [6.07, 6.45) is 6.23. The second-order valence-electron chi connectivity index (χ2n) is 7.61. The maximum Gasteiger partial charge on any atom is 0.274 e. The zero-order valence-electron chi connectivity index (χ0n) is 16.2. The van der Waals surface area contributed by atoms with Crippen molar-refractivity contribution in [1.29, 1.82) is 0 Å². The maximum absolute atomic E-state index is 12.8. The van der Waals surface area contributed by atoms with Gasteiger partial charge in [-0.3, -0.25) is 19.5 Å². The molecule has 2 aromatic rings. The number of fused-ring (bicyclic) bond motifs is 1. The van der Waals surface area contributed by atoms with Gasteiger partial charge in [-0.15, -0.1) is 0 Å². The van der Waals surface area contributed by atoms with Crippen LogP contribution in [-0.2, 0) is 4.79 Å². The first-order chi connectivity index (χ1) is 13.7. The second-order valence-corrected chi connectivity index (χ2v) is 7.61. The Morgan fingerprint density at radius 2 is 1.50 bits per heavy atom. The fourth-order valence-corrected chi connectivity index (χ4v) is 3.94. The van der Waals surface area contributed by atoms with Crippen molar-refractivity contribution >= 4 is 22.8 Å². The molecule has 2 fully saturated rings. The monoisotopic (exact) mass is 381 g/mol. The predicted octanol–water partition coefficient (Wildman–Crippen LogP) is 1.79. The third-order valence-electron chi connectivity index (χ3n) is 5.64. The molecule has 2 saturated heterocycles. The van der Waals surface area contributed by atoms with E-state index >= 15 is 0 Å². The van der Waals surface area contributed by atoms with Crippen molar-refractivity contribution in [2.45, 2.75) is 25.7 Å². The van der Waals surface area contributed by atoms with Gasteiger partial charge in [0.15, 0.2) is 0 Å². The van der Waals surface area contributed by atoms with Crippen LogP contribution < -0.4 is 0 Å². The number of hydrogen-bond donors (Lipinski definition) is 0. The number of para-hydroxylation sites is 2. The molecule has 0 spiro atoms. The van der Waals surface area contributed by atoms with Gasteiger partial charge in [0, 0.05) is 39.3 Å². The Hall–Kier alpha value is -2.54. The number of amides is 2. The lowest BCUT2D eigenvalue weighted by molar-refractivity contribution is -0.132. The zero-order chi connectivity index (χ0) is 19.3. The Morgan fingerprint density at radius 1 is 0.821 bits per heavy atom. The minimum Gasteiger partial charge on any atom is -0.342 e. The minimum absolute atomic E-state index is 0.0863. The van der Waals surface area contributed by atoms with Gasteiger partial charge in [-0.05, 0) is 25.0 Å². The summed E-state index contributed by atoms with van der Waals surface area (Å²) in [6.45, 7) is 4.88. The highest BCUT2D eigenvalue weighted by atomic mass is 16.2. The molecule has 148 valence electrons. The topological polar surface area (TPSA) is 69.6 Å². The van der Waals surface area contributed by atoms with E-state index in [4.69, 9.17) is 0 Å². The molecule has 7 nitrogen and oxygen atoms in total. The normalized spacial score (nSPS) is 18.9. The summed E-state index contributed by atoms with van der Waals surface area (Å²) in [5.41, 5.74) is 1.90. The van der Waals surface area contributed by atoms with Crippen LogP contribution >= 0.6 is 0 Å². The second kappa shape index (κ2) is 8.65. The number of rotatable bonds is 3. The van der Waals surface area contributed by atoms with E-state index in [1.165, 1.54) is 12.8 Å². The Kier molecular flexibility index (Phi) is 5.81. The average molecular weight is 381 g/mol. The van der Waals surface area contributed by atoms with Crippen LogP contribution in [0, 0.1) is 0 Å². The molecular weight excluding hydrogens is 354 g/mol. The molecule has 0 aliphatic carbocycles. The third-order valence-corrected chi connectivity index (χ3v) is 5.64. The number of carbonyl (C=O) groups excluding carboxylic acids is 2. The molecule has 1 aromatic heterocycles. The highest BCUT2D eigenvalue weighted by Gasteiger charge is 2.26. The smallest absolute Gasteiger partial charge is 0.274 e. The molecule has 4 rings (SSSR count). The van der Waals surface area contributed by atoms with Crippen molar-refractivity contribution in [3.8, 4) is 0 Å². The first kappa shape index (κ1) is 18.8. The Morgan fingerprint density at radius 3 is 2.21 bits per heavy atom. The molecule has 0 unspecified atom stereocenters. The fourth-order valence-electron chi connectivity index (χ4n) is 3.94. The SMILES string of the molecule is O=C(CN1CCN(C(=O)c2cnc3ccccc3n2)CC1)N1CCCCCC1. The van der Waals surface area contributed by atoms with Gasteiger partial charge in [-0.2, -0.15) is 0 Å². The van der Waals surface area contributed by atoms with Crippen LogP contribution in [-0.4, -0.2) is 82.3 Å². The minimum atomic E-state index is -0.0863. The molecule has 0 N–H and O–H groups in total. The van der Waals surface area contributed by atoms with E-state index in [-0.39, 0.29) is 11.8 Å². The average Bonchev–Trinajstić information content (AvgIpc) is 3.03. The van der Waals surface area contributed by atoms with Crippen molar-refractivity contribution in [1.82, 2.24) is 24.7 Å². The number of hydrogen-bond acceptors (Lipinski definition) is 5. The van der Waals surface area contributed by atoms with Crippen LogP contribution in [0.3, 0.4) is 0 Å². The van der Waals surface area contributed by atoms with Gasteiger partial charge in [0.05, 0.1) is 23.8 Å². The molecule has 0 saturated carbocycles. The van der Waals surface area contributed by atoms with Gasteiger partial charge < -0.3 is 9.80 Å². The van der Waals surface area contributed by atoms with Crippen molar-refractivity contribution in [2.75, 3.05) is 45.8 Å². The van der Waals surface area contributed by atoms with Crippen molar-refractivity contribution in [3.05, 3.63) is 36.2 Å². The van der Waals surface area contributed by atoms with Gasteiger partial charge in [0.25, 0.3) is 5.91 Å². The third kappa shape index (κ3) is 4.30. The van der Waals surface area contributed by atoms with E-state index < -0.39 is 0 Å². The number of benzene rings is 1. The summed E-state index contributed by atoms with van der Waals surface area (Å²) in [5, 5.41) is 0. The highest BCUT2D eigenvalue weighted by Crippen LogP contribution is 2.13. The van der Waals surface area contributed by atoms with Gasteiger partial charge in [-0.1, -0.05) is 25.0 Å². The molecule has 0 radical (unpaired) electrons. The van der Waals surface area contributed by atoms with E-state index in [0.717, 1.165) is 37.0 Å². The predicted molar refractivity (Wildman–Crippen MR) is 107 cm³/mol. The number of nitrogens with zero attached hydrogens (tertiary/aromatic N) is 5. The van der Waals surface area contributed by atoms with E-state index in [9.17, 15) is 9.59 Å². The van der Waals surface area contributed by atoms with Gasteiger partial charge >= 0.3 is 0 Å². The summed E-state index contributed by atoms with van der Waals surface area (Å²) < 4.78 is 0. The lowest BCUT2D eigenvalue weighted by Crippen LogP contribution is -2.51. The maximum atomic E-state index is 12.8. The fraction of sp³-hybridized carbons (Fsp3) is 0.524. The first-order valence-corrected chi connectivity index (χ1v) is 10.2. The summed E-state index contributed by atoms with van der Waals surface area (Å²) in [6, 6.07) is 7.55. The van der Waals surface area contributed by atoms with E-state index in [1.807, 2.05) is 34.1 Å². The molecule has 28 heavy (non-hydrogen) atoms. The van der Waals surface area contributed by atoms with Crippen molar-refractivity contribution in [2.24, 2.45) is 0 Å². The van der Waals surface area contributed by atoms with E-state index in [2.05, 4.69) is 14.9 Å².